The van der Waals surface area contributed by atoms with E-state index in [4.69, 9.17) is 42.6 Å². The maximum absolute atomic E-state index is 11.3. The third-order valence-electron chi connectivity index (χ3n) is 10.3. The van der Waals surface area contributed by atoms with Gasteiger partial charge < -0.3 is 129 Å². The van der Waals surface area contributed by atoms with Gasteiger partial charge in [-0.1, -0.05) is 0 Å². The topological polar surface area (TPSA) is 427 Å². The third kappa shape index (κ3) is 9.16. The zero-order chi connectivity index (χ0) is 41.3. The highest BCUT2D eigenvalue weighted by Crippen LogP contribution is 2.36. The van der Waals surface area contributed by atoms with Crippen LogP contribution in [0.25, 0.3) is 0 Å². The van der Waals surface area contributed by atoms with E-state index in [0.29, 0.717) is 0 Å². The molecule has 0 spiro atoms. The molecule has 0 amide bonds. The fraction of sp³-hybridized carbons (Fsp3) is 1.00. The summed E-state index contributed by atoms with van der Waals surface area (Å²) in [5, 5.41) is 177. The monoisotopic (exact) mass is 828 g/mol. The number of aliphatic hydroxyl groups is 17. The van der Waals surface area contributed by atoms with E-state index >= 15 is 0 Å². The van der Waals surface area contributed by atoms with Gasteiger partial charge in [0.2, 0.25) is 0 Å². The van der Waals surface area contributed by atoms with Gasteiger partial charge in [-0.05, 0) is 0 Å². The van der Waals surface area contributed by atoms with Gasteiger partial charge in [0.1, 0.15) is 122 Å². The van der Waals surface area contributed by atoms with E-state index in [-0.39, 0.29) is 0 Å². The molecule has 5 rings (SSSR count). The highest BCUT2D eigenvalue weighted by molar-refractivity contribution is 4.98. The van der Waals surface area contributed by atoms with E-state index in [1.54, 1.807) is 0 Å². The molecule has 0 unspecified atom stereocenters. The number of aliphatic hydroxyl groups excluding tert-OH is 17. The lowest BCUT2D eigenvalue weighted by Crippen LogP contribution is -2.68. The van der Waals surface area contributed by atoms with Crippen molar-refractivity contribution in [1.29, 1.82) is 0 Å². The van der Waals surface area contributed by atoms with Crippen molar-refractivity contribution < 1.29 is 129 Å². The maximum atomic E-state index is 11.3. The summed E-state index contributed by atoms with van der Waals surface area (Å²) in [7, 11) is 0. The van der Waals surface area contributed by atoms with Crippen LogP contribution in [0.1, 0.15) is 0 Å². The predicted octanol–water partition coefficient (Wildman–Crippen LogP) is -11.9. The smallest absolute Gasteiger partial charge is 0.187 e. The summed E-state index contributed by atoms with van der Waals surface area (Å²) in [5.41, 5.74) is 0. The molecule has 0 aromatic heterocycles. The zero-order valence-electron chi connectivity index (χ0n) is 29.2. The SMILES string of the molecule is OC[C@H]1O[C@H](O[C@@H]2[C@H](O[C@@H]3[C@H](O[C@@H]4[C@@H](O[C@H]5[C@@H](O)[C@H](O)[C@@H](CO)O[C@@H]5O)O[C@H](CO)[C@@H](O)[C@@H]4O)O[C@H](CO)[C@@H](O)[C@@H]3O)O[C@H](CO)[C@@H](O)[C@@H]2O)[C@@H](O)[C@@H](O)[C@@H]1O. The number of hydrogen-bond acceptors (Lipinski definition) is 26. The molecule has 0 aromatic carbocycles. The molecule has 56 heavy (non-hydrogen) atoms. The summed E-state index contributed by atoms with van der Waals surface area (Å²) in [6.07, 6.45) is -48.2. The first-order valence-electron chi connectivity index (χ1n) is 17.6. The van der Waals surface area contributed by atoms with Crippen molar-refractivity contribution in [2.75, 3.05) is 33.0 Å². The highest BCUT2D eigenvalue weighted by Gasteiger charge is 2.57. The summed E-state index contributed by atoms with van der Waals surface area (Å²) in [4.78, 5) is 0. The van der Waals surface area contributed by atoms with E-state index in [9.17, 15) is 86.8 Å². The lowest BCUT2D eigenvalue weighted by Gasteiger charge is -2.50. The van der Waals surface area contributed by atoms with E-state index in [1.165, 1.54) is 0 Å². The Balaban J connectivity index is 1.45. The molecule has 5 aliphatic rings. The second-order valence-corrected chi connectivity index (χ2v) is 13.9. The maximum Gasteiger partial charge on any atom is 0.187 e. The van der Waals surface area contributed by atoms with Crippen molar-refractivity contribution in [2.24, 2.45) is 0 Å². The average molecular weight is 829 g/mol. The van der Waals surface area contributed by atoms with Crippen LogP contribution in [0.2, 0.25) is 0 Å². The van der Waals surface area contributed by atoms with Crippen LogP contribution in [-0.2, 0) is 42.6 Å². The molecule has 0 aromatic rings. The van der Waals surface area contributed by atoms with Crippen molar-refractivity contribution in [3.8, 4) is 0 Å². The summed E-state index contributed by atoms with van der Waals surface area (Å²) in [6, 6.07) is 0. The van der Waals surface area contributed by atoms with E-state index < -0.39 is 187 Å². The Morgan fingerprint density at radius 1 is 0.268 bits per heavy atom. The van der Waals surface area contributed by atoms with Crippen molar-refractivity contribution in [1.82, 2.24) is 0 Å². The van der Waals surface area contributed by atoms with Gasteiger partial charge >= 0.3 is 0 Å². The second kappa shape index (κ2) is 19.6. The van der Waals surface area contributed by atoms with Crippen LogP contribution in [0.15, 0.2) is 0 Å². The molecule has 26 heteroatoms. The van der Waals surface area contributed by atoms with Crippen molar-refractivity contribution >= 4 is 0 Å². The van der Waals surface area contributed by atoms with Gasteiger partial charge in [-0.2, -0.15) is 0 Å². The summed E-state index contributed by atoms with van der Waals surface area (Å²) < 4.78 is 50.2. The number of hydrogen-bond donors (Lipinski definition) is 17. The minimum Gasteiger partial charge on any atom is -0.394 e. The molecule has 25 atom stereocenters. The molecule has 0 bridgehead atoms. The van der Waals surface area contributed by atoms with Gasteiger partial charge in [0.15, 0.2) is 31.5 Å². The van der Waals surface area contributed by atoms with Gasteiger partial charge in [-0.3, -0.25) is 0 Å². The van der Waals surface area contributed by atoms with E-state index in [1.807, 2.05) is 0 Å². The van der Waals surface area contributed by atoms with E-state index in [0.717, 1.165) is 0 Å². The van der Waals surface area contributed by atoms with Crippen LogP contribution in [-0.4, -0.2) is 273 Å². The first kappa shape index (κ1) is 46.0. The lowest BCUT2D eigenvalue weighted by atomic mass is 9.95. The summed E-state index contributed by atoms with van der Waals surface area (Å²) >= 11 is 0. The standard InChI is InChI=1S/C30H52O26/c31-1-6-12(37)17(42)22(26(47)48-6)53-28-24(19(44)14(39)8(3-33)50-28)55-30-25(20(45)15(40)10(5-35)52-30)56-29-23(18(43)13(38)9(4-34)51-29)54-27-21(46)16(41)11(36)7(2-32)49-27/h6-47H,1-5H2/t6-,7-,8-,9-,10-,11-,12-,13-,14-,15-,16+,17+,18+,19+,20+,21+,22+,23+,24+,25+,26+,27-,28-,29+,30+/m1/s1. The lowest BCUT2D eigenvalue weighted by molar-refractivity contribution is -0.412. The van der Waals surface area contributed by atoms with Crippen LogP contribution in [0.4, 0.5) is 0 Å². The van der Waals surface area contributed by atoms with Gasteiger partial charge in [-0.25, -0.2) is 0 Å². The highest BCUT2D eigenvalue weighted by atomic mass is 16.8. The van der Waals surface area contributed by atoms with Crippen LogP contribution < -0.4 is 0 Å². The Hall–Kier alpha value is -1.04. The minimum absolute atomic E-state index is 0.833. The van der Waals surface area contributed by atoms with Gasteiger partial charge in [-0.15, -0.1) is 0 Å². The fourth-order valence-corrected chi connectivity index (χ4v) is 6.95. The van der Waals surface area contributed by atoms with Crippen LogP contribution in [0.3, 0.4) is 0 Å². The van der Waals surface area contributed by atoms with Crippen LogP contribution in [0, 0.1) is 0 Å². The molecule has 5 aliphatic heterocycles. The van der Waals surface area contributed by atoms with E-state index in [2.05, 4.69) is 0 Å². The molecular weight excluding hydrogens is 776 g/mol. The predicted molar refractivity (Wildman–Crippen MR) is 167 cm³/mol. The minimum atomic E-state index is -2.16. The second-order valence-electron chi connectivity index (χ2n) is 13.9. The fourth-order valence-electron chi connectivity index (χ4n) is 6.95. The van der Waals surface area contributed by atoms with Gasteiger partial charge in [0.25, 0.3) is 0 Å². The Kier molecular flexibility index (Phi) is 16.1. The van der Waals surface area contributed by atoms with Gasteiger partial charge in [0, 0.05) is 0 Å². The molecule has 5 fully saturated rings. The average Bonchev–Trinajstić information content (AvgIpc) is 3.19. The Morgan fingerprint density at radius 2 is 0.518 bits per heavy atom. The largest absolute Gasteiger partial charge is 0.394 e. The summed E-state index contributed by atoms with van der Waals surface area (Å²) in [5.74, 6) is 0. The van der Waals surface area contributed by atoms with Crippen LogP contribution in [0.5, 0.6) is 0 Å². The first-order valence-corrected chi connectivity index (χ1v) is 17.6. The Morgan fingerprint density at radius 3 is 0.857 bits per heavy atom. The molecule has 0 radical (unpaired) electrons. The molecule has 0 saturated carbocycles. The number of ether oxygens (including phenoxy) is 9. The van der Waals surface area contributed by atoms with Crippen LogP contribution >= 0.6 is 0 Å². The number of rotatable bonds is 13. The molecule has 5 saturated heterocycles. The quantitative estimate of drug-likeness (QED) is 0.0819. The molecular formula is C30H52O26. The Bertz CT molecular complexity index is 1210. The molecule has 0 aliphatic carbocycles. The summed E-state index contributed by atoms with van der Waals surface area (Å²) in [6.45, 7) is -4.60. The Labute approximate surface area is 316 Å². The third-order valence-corrected chi connectivity index (χ3v) is 10.3. The van der Waals surface area contributed by atoms with Crippen molar-refractivity contribution in [2.45, 2.75) is 154 Å². The van der Waals surface area contributed by atoms with Crippen molar-refractivity contribution in [3.63, 3.8) is 0 Å². The van der Waals surface area contributed by atoms with Crippen molar-refractivity contribution in [3.05, 3.63) is 0 Å². The molecule has 5 heterocycles. The molecule has 328 valence electrons. The van der Waals surface area contributed by atoms with Gasteiger partial charge in [0.05, 0.1) is 33.0 Å². The zero-order valence-corrected chi connectivity index (χ0v) is 29.2. The normalized spacial score (nSPS) is 53.2. The first-order chi connectivity index (χ1) is 26.5. The molecule has 17 N–H and O–H groups in total. The molecule has 26 nitrogen and oxygen atoms in total.